The summed E-state index contributed by atoms with van der Waals surface area (Å²) in [6.45, 7) is 1.97. The molecule has 0 saturated carbocycles. The average molecular weight is 328 g/mol. The molecule has 18 heavy (non-hydrogen) atoms. The quantitative estimate of drug-likeness (QED) is 0.631. The van der Waals surface area contributed by atoms with Crippen LogP contribution in [-0.2, 0) is 0 Å². The van der Waals surface area contributed by atoms with Crippen molar-refractivity contribution < 1.29 is 14.6 Å². The van der Waals surface area contributed by atoms with E-state index in [1.54, 1.807) is 12.1 Å². The second-order valence-corrected chi connectivity index (χ2v) is 12.6. The molecule has 0 aromatic heterocycles. The summed E-state index contributed by atoms with van der Waals surface area (Å²) in [5, 5.41) is 8.88. The highest BCUT2D eigenvalue weighted by molar-refractivity contribution is 7.65. The molecule has 1 rings (SSSR count). The fourth-order valence-corrected chi connectivity index (χ4v) is 3.69. The molecule has 3 nitrogen and oxygen atoms in total. The third-order valence-electron chi connectivity index (χ3n) is 2.28. The molecule has 1 aromatic rings. The van der Waals surface area contributed by atoms with Gasteiger partial charge in [-0.2, -0.15) is 0 Å². The maximum Gasteiger partial charge on any atom is 0.381 e. The molecular formula is C11H13Cl3O3Si. The molecular weight excluding hydrogens is 315 g/mol. The predicted molar refractivity (Wildman–Crippen MR) is 76.0 cm³/mol. The molecule has 100 valence electrons. The van der Waals surface area contributed by atoms with E-state index >= 15 is 0 Å². The van der Waals surface area contributed by atoms with Crippen molar-refractivity contribution in [3.05, 3.63) is 29.8 Å². The van der Waals surface area contributed by atoms with Crippen molar-refractivity contribution in [1.82, 2.24) is 0 Å². The Labute approximate surface area is 121 Å². The zero-order valence-corrected chi connectivity index (χ0v) is 13.0. The van der Waals surface area contributed by atoms with Gasteiger partial charge in [0.2, 0.25) is 0 Å². The Bertz CT molecular complexity index is 420. The van der Waals surface area contributed by atoms with E-state index in [9.17, 15) is 4.79 Å². The predicted octanol–water partition coefficient (Wildman–Crippen LogP) is 4.13. The summed E-state index contributed by atoms with van der Waals surface area (Å²) in [4.78, 5) is 10.8. The lowest BCUT2D eigenvalue weighted by Gasteiger charge is -2.23. The van der Waals surface area contributed by atoms with Crippen LogP contribution in [0, 0.1) is 0 Å². The van der Waals surface area contributed by atoms with Gasteiger partial charge in [-0.05, 0) is 24.6 Å². The Balaban J connectivity index is 2.87. The second-order valence-electron chi connectivity index (χ2n) is 3.77. The van der Waals surface area contributed by atoms with Crippen LogP contribution >= 0.6 is 33.2 Å². The summed E-state index contributed by atoms with van der Waals surface area (Å²) in [5.41, 5.74) is -0.328. The van der Waals surface area contributed by atoms with Crippen LogP contribution in [0.3, 0.4) is 0 Å². The van der Waals surface area contributed by atoms with Crippen LogP contribution in [0.4, 0.5) is 0 Å². The average Bonchev–Trinajstić information content (AvgIpc) is 2.27. The van der Waals surface area contributed by atoms with Gasteiger partial charge in [0.05, 0.1) is 5.56 Å². The number of hydrogen-bond acceptors (Lipinski definition) is 2. The lowest BCUT2D eigenvalue weighted by molar-refractivity contribution is 0.0696. The highest BCUT2D eigenvalue weighted by Crippen LogP contribution is 2.30. The number of hydrogen-bond donors (Lipinski definition) is 1. The van der Waals surface area contributed by atoms with Gasteiger partial charge >= 0.3 is 12.0 Å². The smallest absolute Gasteiger partial charge is 0.381 e. The minimum atomic E-state index is -2.99. The Morgan fingerprint density at radius 2 is 2.11 bits per heavy atom. The molecule has 7 heteroatoms. The molecule has 1 unspecified atom stereocenters. The number of carbonyl (C=O) groups is 1. The largest absolute Gasteiger partial charge is 0.490 e. The van der Waals surface area contributed by atoms with Crippen molar-refractivity contribution in [3.8, 4) is 5.75 Å². The van der Waals surface area contributed by atoms with Crippen LogP contribution in [-0.4, -0.2) is 22.8 Å². The first-order valence-electron chi connectivity index (χ1n) is 5.41. The Morgan fingerprint density at radius 1 is 1.44 bits per heavy atom. The van der Waals surface area contributed by atoms with Crippen molar-refractivity contribution in [3.63, 3.8) is 0 Å². The van der Waals surface area contributed by atoms with Crippen molar-refractivity contribution >= 4 is 45.2 Å². The molecule has 1 aromatic carbocycles. The molecule has 0 amide bonds. The van der Waals surface area contributed by atoms with Crippen LogP contribution in [0.15, 0.2) is 24.3 Å². The fourth-order valence-electron chi connectivity index (χ4n) is 1.42. The number of ether oxygens (including phenoxy) is 1. The van der Waals surface area contributed by atoms with Gasteiger partial charge < -0.3 is 9.84 Å². The van der Waals surface area contributed by atoms with E-state index in [1.165, 1.54) is 12.1 Å². The van der Waals surface area contributed by atoms with Gasteiger partial charge in [-0.3, -0.25) is 0 Å². The SMILES string of the molecule is CCCC(Oc1cccc(C(=O)O)c1)[Si](Cl)(Cl)Cl. The standard InChI is InChI=1S/C11H13Cl3O3Si/c1-2-4-10(18(12,13)14)17-9-6-3-5-8(7-9)11(15)16/h3,5-7,10H,2,4H2,1H3,(H,15,16). The summed E-state index contributed by atoms with van der Waals surface area (Å²) in [6.07, 6.45) is 1.45. The Morgan fingerprint density at radius 3 is 2.61 bits per heavy atom. The van der Waals surface area contributed by atoms with Crippen molar-refractivity contribution in [2.75, 3.05) is 0 Å². The summed E-state index contributed by atoms with van der Waals surface area (Å²) >= 11 is 17.9. The summed E-state index contributed by atoms with van der Waals surface area (Å²) in [5.74, 6) is -0.606. The van der Waals surface area contributed by atoms with Crippen LogP contribution in [0.1, 0.15) is 30.1 Å². The maximum absolute atomic E-state index is 10.8. The molecule has 0 radical (unpaired) electrons. The minimum Gasteiger partial charge on any atom is -0.490 e. The van der Waals surface area contributed by atoms with E-state index in [-0.39, 0.29) is 5.56 Å². The summed E-state index contributed by atoms with van der Waals surface area (Å²) in [7, 11) is 0. The highest BCUT2D eigenvalue weighted by atomic mass is 35.8. The Kier molecular flexibility index (Phi) is 5.78. The van der Waals surface area contributed by atoms with Crippen LogP contribution in [0.5, 0.6) is 5.75 Å². The summed E-state index contributed by atoms with van der Waals surface area (Å²) < 4.78 is 5.61. The first-order valence-corrected chi connectivity index (χ1v) is 10.5. The first kappa shape index (κ1) is 15.6. The van der Waals surface area contributed by atoms with Gasteiger partial charge in [0.25, 0.3) is 0 Å². The molecule has 0 spiro atoms. The fraction of sp³-hybridized carbons (Fsp3) is 0.364. The van der Waals surface area contributed by atoms with Gasteiger partial charge in [-0.15, -0.1) is 33.2 Å². The third-order valence-corrected chi connectivity index (χ3v) is 5.60. The third kappa shape index (κ3) is 4.69. The number of halogens is 3. The monoisotopic (exact) mass is 326 g/mol. The topological polar surface area (TPSA) is 46.5 Å². The van der Waals surface area contributed by atoms with Crippen molar-refractivity contribution in [1.29, 1.82) is 0 Å². The molecule has 0 bridgehead atoms. The lowest BCUT2D eigenvalue weighted by atomic mass is 10.2. The first-order chi connectivity index (χ1) is 8.34. The number of carboxylic acid groups (broad SMARTS) is 1. The van der Waals surface area contributed by atoms with Gasteiger partial charge in [0.15, 0.2) is 0 Å². The molecule has 1 atom stereocenters. The van der Waals surface area contributed by atoms with Gasteiger partial charge in [-0.25, -0.2) is 4.79 Å². The summed E-state index contributed by atoms with van der Waals surface area (Å²) in [6, 6.07) is 3.17. The van der Waals surface area contributed by atoms with E-state index in [2.05, 4.69) is 0 Å². The van der Waals surface area contributed by atoms with E-state index in [1.807, 2.05) is 6.92 Å². The lowest BCUT2D eigenvalue weighted by Crippen LogP contribution is -2.36. The zero-order valence-electron chi connectivity index (χ0n) is 9.70. The molecule has 1 N–H and O–H groups in total. The second kappa shape index (κ2) is 6.66. The highest BCUT2D eigenvalue weighted by Gasteiger charge is 2.38. The van der Waals surface area contributed by atoms with E-state index in [4.69, 9.17) is 43.1 Å². The van der Waals surface area contributed by atoms with E-state index in [0.29, 0.717) is 12.2 Å². The molecule has 0 fully saturated rings. The number of carboxylic acids is 1. The van der Waals surface area contributed by atoms with Crippen molar-refractivity contribution in [2.24, 2.45) is 0 Å². The molecule has 0 saturated heterocycles. The molecule has 0 aliphatic heterocycles. The number of aromatic carboxylic acids is 1. The van der Waals surface area contributed by atoms with Crippen LogP contribution in [0.2, 0.25) is 0 Å². The zero-order chi connectivity index (χ0) is 13.8. The van der Waals surface area contributed by atoms with Crippen LogP contribution in [0.25, 0.3) is 0 Å². The number of rotatable bonds is 6. The van der Waals surface area contributed by atoms with Gasteiger partial charge in [-0.1, -0.05) is 19.4 Å². The maximum atomic E-state index is 10.8. The Hall–Kier alpha value is -0.423. The normalized spacial score (nSPS) is 13.1. The minimum absolute atomic E-state index is 0.147. The van der Waals surface area contributed by atoms with E-state index in [0.717, 1.165) is 6.42 Å². The number of benzene rings is 1. The van der Waals surface area contributed by atoms with Crippen LogP contribution < -0.4 is 4.74 Å². The molecule has 0 aliphatic rings. The molecule has 0 aliphatic carbocycles. The van der Waals surface area contributed by atoms with Crippen molar-refractivity contribution in [2.45, 2.75) is 25.5 Å². The molecule has 0 heterocycles. The van der Waals surface area contributed by atoms with E-state index < -0.39 is 17.7 Å². The van der Waals surface area contributed by atoms with Gasteiger partial charge in [0.1, 0.15) is 11.5 Å². The van der Waals surface area contributed by atoms with Gasteiger partial charge in [0, 0.05) is 0 Å².